The Labute approximate surface area is 122 Å². The Hall–Kier alpha value is -2.57. The zero-order valence-corrected chi connectivity index (χ0v) is 11.4. The minimum Gasteiger partial charge on any atom is -0.447 e. The molecule has 2 rings (SSSR count). The molecule has 1 aromatic rings. The fraction of sp³-hybridized carbons (Fsp3) is 0.357. The van der Waals surface area contributed by atoms with Crippen molar-refractivity contribution in [3.63, 3.8) is 0 Å². The van der Waals surface area contributed by atoms with Crippen molar-refractivity contribution < 1.29 is 19.1 Å². The van der Waals surface area contributed by atoms with Gasteiger partial charge in [0.1, 0.15) is 12.6 Å². The molecule has 7 nitrogen and oxygen atoms in total. The van der Waals surface area contributed by atoms with Gasteiger partial charge in [0.15, 0.2) is 0 Å². The van der Waals surface area contributed by atoms with Gasteiger partial charge in [0.05, 0.1) is 0 Å². The number of para-hydroxylation sites is 1. The average Bonchev–Trinajstić information content (AvgIpc) is 2.91. The highest BCUT2D eigenvalue weighted by molar-refractivity contribution is 5.90. The van der Waals surface area contributed by atoms with E-state index in [4.69, 9.17) is 0 Å². The molecular weight excluding hydrogens is 274 g/mol. The molecule has 1 atom stereocenters. The van der Waals surface area contributed by atoms with Crippen LogP contribution in [0, 0.1) is 0 Å². The van der Waals surface area contributed by atoms with Gasteiger partial charge in [-0.1, -0.05) is 18.2 Å². The average molecular weight is 291 g/mol. The molecule has 0 aromatic heterocycles. The second-order valence-electron chi connectivity index (χ2n) is 4.60. The summed E-state index contributed by atoms with van der Waals surface area (Å²) >= 11 is 0. The first kappa shape index (κ1) is 14.8. The van der Waals surface area contributed by atoms with Gasteiger partial charge in [0.25, 0.3) is 0 Å². The molecule has 0 radical (unpaired) electrons. The van der Waals surface area contributed by atoms with E-state index in [0.29, 0.717) is 19.4 Å². The maximum Gasteiger partial charge on any atom is 0.407 e. The fourth-order valence-electron chi connectivity index (χ4n) is 1.85. The van der Waals surface area contributed by atoms with E-state index >= 15 is 0 Å². The van der Waals surface area contributed by atoms with Crippen LogP contribution < -0.4 is 16.0 Å². The number of cyclic esters (lactones) is 1. The minimum absolute atomic E-state index is 0.0408. The highest BCUT2D eigenvalue weighted by atomic mass is 16.6. The van der Waals surface area contributed by atoms with Crippen LogP contribution in [0.5, 0.6) is 0 Å². The van der Waals surface area contributed by atoms with E-state index in [-0.39, 0.29) is 18.4 Å². The number of nitrogens with one attached hydrogen (secondary N) is 3. The Kier molecular flexibility index (Phi) is 5.14. The van der Waals surface area contributed by atoms with E-state index in [1.807, 2.05) is 30.3 Å². The van der Waals surface area contributed by atoms with Crippen molar-refractivity contribution in [3.8, 4) is 0 Å². The lowest BCUT2D eigenvalue weighted by atomic mass is 10.2. The highest BCUT2D eigenvalue weighted by Gasteiger charge is 2.28. The molecule has 0 spiro atoms. The van der Waals surface area contributed by atoms with E-state index in [1.54, 1.807) is 0 Å². The first-order chi connectivity index (χ1) is 10.1. The van der Waals surface area contributed by atoms with Crippen LogP contribution in [-0.4, -0.2) is 37.1 Å². The zero-order chi connectivity index (χ0) is 15.1. The summed E-state index contributed by atoms with van der Waals surface area (Å²) in [6, 6.07) is 8.53. The first-order valence-corrected chi connectivity index (χ1v) is 6.71. The van der Waals surface area contributed by atoms with E-state index < -0.39 is 12.1 Å². The van der Waals surface area contributed by atoms with Crippen molar-refractivity contribution in [2.24, 2.45) is 0 Å². The topological polar surface area (TPSA) is 96.5 Å². The molecule has 1 heterocycles. The van der Waals surface area contributed by atoms with Crippen molar-refractivity contribution in [2.45, 2.75) is 18.9 Å². The summed E-state index contributed by atoms with van der Waals surface area (Å²) in [4.78, 5) is 34.1. The summed E-state index contributed by atoms with van der Waals surface area (Å²) in [6.45, 7) is 0.409. The Morgan fingerprint density at radius 2 is 2.05 bits per heavy atom. The number of anilines is 1. The molecule has 1 fully saturated rings. The van der Waals surface area contributed by atoms with Gasteiger partial charge in [0.2, 0.25) is 11.8 Å². The number of hydrogen-bond donors (Lipinski definition) is 3. The third kappa shape index (κ3) is 4.79. The molecular formula is C14H17N3O4. The third-order valence-electron chi connectivity index (χ3n) is 2.93. The number of hydrogen-bond acceptors (Lipinski definition) is 4. The summed E-state index contributed by atoms with van der Waals surface area (Å²) in [6.07, 6.45) is 0.242. The lowest BCUT2D eigenvalue weighted by molar-refractivity contribution is -0.123. The van der Waals surface area contributed by atoms with Crippen LogP contribution in [0.4, 0.5) is 10.5 Å². The van der Waals surface area contributed by atoms with Crippen molar-refractivity contribution in [3.05, 3.63) is 30.3 Å². The van der Waals surface area contributed by atoms with E-state index in [9.17, 15) is 14.4 Å². The largest absolute Gasteiger partial charge is 0.447 e. The predicted octanol–water partition coefficient (Wildman–Crippen LogP) is 0.630. The summed E-state index contributed by atoms with van der Waals surface area (Å²) in [7, 11) is 0. The monoisotopic (exact) mass is 291 g/mol. The fourth-order valence-corrected chi connectivity index (χ4v) is 1.85. The number of ether oxygens (including phenoxy) is 1. The van der Waals surface area contributed by atoms with Gasteiger partial charge in [-0.15, -0.1) is 0 Å². The molecule has 0 saturated carbocycles. The number of amides is 3. The molecule has 112 valence electrons. The van der Waals surface area contributed by atoms with Crippen LogP contribution in [0.2, 0.25) is 0 Å². The Bertz CT molecular complexity index is 518. The SMILES string of the molecule is O=C(CCCNC(=O)[C@H]1COC(=O)N1)Nc1ccccc1. The van der Waals surface area contributed by atoms with Gasteiger partial charge in [-0.25, -0.2) is 4.79 Å². The Morgan fingerprint density at radius 3 is 2.71 bits per heavy atom. The van der Waals surface area contributed by atoms with Crippen LogP contribution in [0.25, 0.3) is 0 Å². The van der Waals surface area contributed by atoms with Gasteiger partial charge in [-0.3, -0.25) is 9.59 Å². The summed E-state index contributed by atoms with van der Waals surface area (Å²) < 4.78 is 4.62. The Morgan fingerprint density at radius 1 is 1.29 bits per heavy atom. The molecule has 0 aliphatic carbocycles. The number of carbonyl (C=O) groups excluding carboxylic acids is 3. The Balaban J connectivity index is 1.60. The first-order valence-electron chi connectivity index (χ1n) is 6.71. The molecule has 1 saturated heterocycles. The van der Waals surface area contributed by atoms with E-state index in [0.717, 1.165) is 5.69 Å². The predicted molar refractivity (Wildman–Crippen MR) is 75.6 cm³/mol. The van der Waals surface area contributed by atoms with Gasteiger partial charge < -0.3 is 20.7 Å². The van der Waals surface area contributed by atoms with Crippen LogP contribution >= 0.6 is 0 Å². The smallest absolute Gasteiger partial charge is 0.407 e. The number of carbonyl (C=O) groups is 3. The van der Waals surface area contributed by atoms with Crippen LogP contribution in [-0.2, 0) is 14.3 Å². The molecule has 3 N–H and O–H groups in total. The standard InChI is InChI=1S/C14H17N3O4/c18-12(16-10-5-2-1-3-6-10)7-4-8-15-13(19)11-9-21-14(20)17-11/h1-3,5-6,11H,4,7-9H2,(H,15,19)(H,16,18)(H,17,20)/t11-/m1/s1. The van der Waals surface area contributed by atoms with Gasteiger partial charge in [-0.2, -0.15) is 0 Å². The number of alkyl carbamates (subject to hydrolysis) is 1. The van der Waals surface area contributed by atoms with Crippen LogP contribution in [0.1, 0.15) is 12.8 Å². The van der Waals surface area contributed by atoms with Gasteiger partial charge in [0, 0.05) is 18.7 Å². The minimum atomic E-state index is -0.643. The van der Waals surface area contributed by atoms with E-state index in [1.165, 1.54) is 0 Å². The second kappa shape index (κ2) is 7.28. The lowest BCUT2D eigenvalue weighted by Crippen LogP contribution is -2.43. The molecule has 0 bridgehead atoms. The van der Waals surface area contributed by atoms with Crippen molar-refractivity contribution in [2.75, 3.05) is 18.5 Å². The van der Waals surface area contributed by atoms with E-state index in [2.05, 4.69) is 20.7 Å². The number of rotatable bonds is 6. The number of benzene rings is 1. The molecule has 7 heteroatoms. The van der Waals surface area contributed by atoms with Crippen molar-refractivity contribution >= 4 is 23.6 Å². The zero-order valence-electron chi connectivity index (χ0n) is 11.4. The molecule has 1 aliphatic heterocycles. The normalized spacial score (nSPS) is 16.8. The van der Waals surface area contributed by atoms with Crippen LogP contribution in [0.15, 0.2) is 30.3 Å². The summed E-state index contributed by atoms with van der Waals surface area (Å²) in [5.74, 6) is -0.405. The van der Waals surface area contributed by atoms with Crippen molar-refractivity contribution in [1.82, 2.24) is 10.6 Å². The summed E-state index contributed by atoms with van der Waals surface area (Å²) in [5, 5.41) is 7.80. The second-order valence-corrected chi connectivity index (χ2v) is 4.60. The highest BCUT2D eigenvalue weighted by Crippen LogP contribution is 2.05. The molecule has 0 unspecified atom stereocenters. The summed E-state index contributed by atoms with van der Waals surface area (Å²) in [5.41, 5.74) is 0.748. The van der Waals surface area contributed by atoms with Crippen LogP contribution in [0.3, 0.4) is 0 Å². The maximum atomic E-state index is 11.7. The molecule has 1 aliphatic rings. The molecule has 21 heavy (non-hydrogen) atoms. The van der Waals surface area contributed by atoms with Crippen molar-refractivity contribution in [1.29, 1.82) is 0 Å². The molecule has 3 amide bonds. The molecule has 1 aromatic carbocycles. The lowest BCUT2D eigenvalue weighted by Gasteiger charge is -2.09. The van der Waals surface area contributed by atoms with Gasteiger partial charge in [-0.05, 0) is 18.6 Å². The van der Waals surface area contributed by atoms with Gasteiger partial charge >= 0.3 is 6.09 Å². The maximum absolute atomic E-state index is 11.7. The quantitative estimate of drug-likeness (QED) is 0.670. The third-order valence-corrected chi connectivity index (χ3v) is 2.93.